The van der Waals surface area contributed by atoms with Crippen LogP contribution in [0.3, 0.4) is 0 Å². The minimum Gasteiger partial charge on any atom is -0.496 e. The molecule has 4 N–H and O–H groups in total. The van der Waals surface area contributed by atoms with Gasteiger partial charge in [-0.2, -0.15) is 10.1 Å². The van der Waals surface area contributed by atoms with Crippen LogP contribution in [0.15, 0.2) is 30.5 Å². The molecule has 0 atom stereocenters. The molecule has 1 amide bonds. The van der Waals surface area contributed by atoms with Crippen molar-refractivity contribution < 1.29 is 14.3 Å². The number of ether oxygens (including phenoxy) is 2. The number of nitrogens with one attached hydrogen (secondary N) is 2. The Balaban J connectivity index is 1.32. The van der Waals surface area contributed by atoms with Crippen LogP contribution in [0.5, 0.6) is 11.5 Å². The Kier molecular flexibility index (Phi) is 21.4. The summed E-state index contributed by atoms with van der Waals surface area (Å²) in [6.45, 7) is 8.06. The van der Waals surface area contributed by atoms with Gasteiger partial charge in [0.1, 0.15) is 17.0 Å². The second kappa shape index (κ2) is 26.0. The third-order valence-electron chi connectivity index (χ3n) is 9.65. The molecule has 2 aromatic heterocycles. The summed E-state index contributed by atoms with van der Waals surface area (Å²) < 4.78 is 13.5. The van der Waals surface area contributed by atoms with Crippen molar-refractivity contribution in [2.24, 2.45) is 0 Å². The maximum atomic E-state index is 12.3. The van der Waals surface area contributed by atoms with Crippen LogP contribution in [0.25, 0.3) is 11.0 Å². The Morgan fingerprint density at radius 2 is 1.47 bits per heavy atom. The lowest BCUT2D eigenvalue weighted by Crippen LogP contribution is -2.25. The number of methoxy groups -OCH3 is 2. The quantitative estimate of drug-likeness (QED) is 0.0453. The van der Waals surface area contributed by atoms with E-state index in [2.05, 4.69) is 70.7 Å². The summed E-state index contributed by atoms with van der Waals surface area (Å²) in [6, 6.07) is 4.14. The Labute approximate surface area is 319 Å². The van der Waals surface area contributed by atoms with Crippen LogP contribution in [0.4, 0.5) is 11.8 Å². The first-order valence-electron chi connectivity index (χ1n) is 20.5. The molecule has 2 heterocycles. The number of hydrogen-bond donors (Lipinski definition) is 3. The predicted octanol–water partition coefficient (Wildman–Crippen LogP) is 9.05. The van der Waals surface area contributed by atoms with E-state index in [0.29, 0.717) is 29.8 Å². The summed E-state index contributed by atoms with van der Waals surface area (Å²) in [5.41, 5.74) is 9.36. The largest absolute Gasteiger partial charge is 0.496 e. The fourth-order valence-electron chi connectivity index (χ4n) is 6.58. The molecular weight excluding hydrogens is 665 g/mol. The van der Waals surface area contributed by atoms with E-state index in [9.17, 15) is 4.79 Å². The number of nitrogens with zero attached hydrogens (tertiary/aromatic N) is 5. The number of benzene rings is 1. The monoisotopic (exact) mass is 735 g/mol. The highest BCUT2D eigenvalue weighted by molar-refractivity contribution is 5.85. The van der Waals surface area contributed by atoms with Crippen LogP contribution in [-0.2, 0) is 17.9 Å². The van der Waals surface area contributed by atoms with Gasteiger partial charge in [0, 0.05) is 26.1 Å². The minimum atomic E-state index is 0.180. The number of nitrogen functional groups attached to an aromatic ring is 1. The van der Waals surface area contributed by atoms with Crippen LogP contribution < -0.4 is 25.8 Å². The van der Waals surface area contributed by atoms with E-state index >= 15 is 0 Å². The molecule has 0 fully saturated rings. The Morgan fingerprint density at radius 3 is 2.13 bits per heavy atom. The highest BCUT2D eigenvalue weighted by Gasteiger charge is 2.17. The lowest BCUT2D eigenvalue weighted by atomic mass is 10.1. The zero-order chi connectivity index (χ0) is 38.1. The zero-order valence-corrected chi connectivity index (χ0v) is 33.7. The fraction of sp³-hybridized carbons (Fsp3) is 0.667. The van der Waals surface area contributed by atoms with Crippen molar-refractivity contribution >= 4 is 28.7 Å². The summed E-state index contributed by atoms with van der Waals surface area (Å²) in [7, 11) is 5.48. The molecule has 11 heteroatoms. The van der Waals surface area contributed by atoms with Crippen LogP contribution in [0.1, 0.15) is 141 Å². The van der Waals surface area contributed by atoms with E-state index in [1.807, 2.05) is 10.9 Å². The number of fused-ring (bicyclic) bond motifs is 1. The first kappa shape index (κ1) is 43.5. The maximum Gasteiger partial charge on any atom is 0.222 e. The first-order valence-corrected chi connectivity index (χ1v) is 20.5. The minimum absolute atomic E-state index is 0.180. The van der Waals surface area contributed by atoms with Crippen molar-refractivity contribution in [2.45, 2.75) is 143 Å². The molecule has 3 rings (SSSR count). The Morgan fingerprint density at radius 1 is 0.830 bits per heavy atom. The fourth-order valence-corrected chi connectivity index (χ4v) is 6.58. The van der Waals surface area contributed by atoms with Gasteiger partial charge < -0.3 is 30.7 Å². The molecule has 3 aromatic rings. The van der Waals surface area contributed by atoms with Gasteiger partial charge in [0.25, 0.3) is 0 Å². The van der Waals surface area contributed by atoms with Crippen LogP contribution in [0, 0.1) is 0 Å². The van der Waals surface area contributed by atoms with Gasteiger partial charge in [-0.1, -0.05) is 83.8 Å². The molecule has 11 nitrogen and oxygen atoms in total. The van der Waals surface area contributed by atoms with Crippen molar-refractivity contribution in [1.29, 1.82) is 0 Å². The Hall–Kier alpha value is -3.86. The van der Waals surface area contributed by atoms with E-state index < -0.39 is 0 Å². The van der Waals surface area contributed by atoms with Crippen molar-refractivity contribution in [3.8, 4) is 11.5 Å². The van der Waals surface area contributed by atoms with E-state index in [0.717, 1.165) is 87.3 Å². The molecule has 0 aliphatic rings. The zero-order valence-electron chi connectivity index (χ0n) is 33.7. The number of carbonyl (C=O) groups is 1. The van der Waals surface area contributed by atoms with Crippen LogP contribution >= 0.6 is 0 Å². The van der Waals surface area contributed by atoms with Crippen molar-refractivity contribution in [2.75, 3.05) is 52.0 Å². The molecular formula is C42H70N8O3. The average Bonchev–Trinajstić information content (AvgIpc) is 3.55. The predicted molar refractivity (Wildman–Crippen MR) is 220 cm³/mol. The third-order valence-corrected chi connectivity index (χ3v) is 9.65. The summed E-state index contributed by atoms with van der Waals surface area (Å²) in [6.07, 6.45) is 27.8. The van der Waals surface area contributed by atoms with Crippen LogP contribution in [0.2, 0.25) is 0 Å². The molecule has 0 saturated heterocycles. The van der Waals surface area contributed by atoms with Gasteiger partial charge in [0.05, 0.1) is 32.5 Å². The molecule has 0 saturated carbocycles. The topological polar surface area (TPSA) is 132 Å². The normalized spacial score (nSPS) is 11.6. The highest BCUT2D eigenvalue weighted by Crippen LogP contribution is 2.32. The molecule has 296 valence electrons. The molecule has 0 radical (unpaired) electrons. The highest BCUT2D eigenvalue weighted by atomic mass is 16.5. The maximum absolute atomic E-state index is 12.3. The second-order valence-electron chi connectivity index (χ2n) is 14.4. The number of hydrogen-bond acceptors (Lipinski definition) is 9. The lowest BCUT2D eigenvalue weighted by molar-refractivity contribution is -0.121. The molecule has 0 spiro atoms. The van der Waals surface area contributed by atoms with E-state index in [4.69, 9.17) is 20.3 Å². The van der Waals surface area contributed by atoms with E-state index in [1.165, 1.54) is 70.6 Å². The lowest BCUT2D eigenvalue weighted by Gasteiger charge is -2.20. The number of anilines is 2. The van der Waals surface area contributed by atoms with Crippen molar-refractivity contribution in [3.63, 3.8) is 0 Å². The van der Waals surface area contributed by atoms with Crippen molar-refractivity contribution in [3.05, 3.63) is 41.6 Å². The van der Waals surface area contributed by atoms with Gasteiger partial charge in [-0.25, -0.2) is 4.98 Å². The number of rotatable bonds is 30. The summed E-state index contributed by atoms with van der Waals surface area (Å²) in [5.74, 6) is 2.53. The molecule has 0 aliphatic heterocycles. The molecule has 1 aromatic carbocycles. The van der Waals surface area contributed by atoms with Gasteiger partial charge in [0.2, 0.25) is 11.9 Å². The average molecular weight is 735 g/mol. The standard InChI is InChI=1S/C42H70N8O3/c1-6-8-10-11-12-13-14-15-16-17-18-19-20-21-22-25-39(51)44-27-23-24-28-49(3)31-34-29-37(52-4)35(38(30-34)53-5)32-50-33-36-40(48-50)41(45-26-9-7-2)47-42(43)46-36/h15-16,29-30,33H,6-14,17-28,31-32H2,1-5H3,(H,44,51)(H3,43,45,46,47)/b16-15-. The molecule has 0 aliphatic carbocycles. The van der Waals surface area contributed by atoms with Crippen LogP contribution in [-0.4, -0.2) is 71.5 Å². The van der Waals surface area contributed by atoms with Gasteiger partial charge in [0.15, 0.2) is 11.3 Å². The third kappa shape index (κ3) is 16.8. The second-order valence-corrected chi connectivity index (χ2v) is 14.4. The molecule has 53 heavy (non-hydrogen) atoms. The number of carbonyl (C=O) groups excluding carboxylic acids is 1. The van der Waals surface area contributed by atoms with Gasteiger partial charge >= 0.3 is 0 Å². The number of allylic oxidation sites excluding steroid dienone is 2. The SMILES string of the molecule is CCCCCCCC/C=C\CCCCCCCC(=O)NCCCCN(C)Cc1cc(OC)c(Cn2cc3nc(N)nc(NCCCC)c3n2)c(OC)c1. The summed E-state index contributed by atoms with van der Waals surface area (Å²) >= 11 is 0. The van der Waals surface area contributed by atoms with Gasteiger partial charge in [-0.05, 0) is 82.7 Å². The number of nitrogens with two attached hydrogens (primary N) is 1. The van der Waals surface area contributed by atoms with Crippen molar-refractivity contribution in [1.82, 2.24) is 30.0 Å². The summed E-state index contributed by atoms with van der Waals surface area (Å²) in [5, 5.41) is 11.2. The van der Waals surface area contributed by atoms with E-state index in [-0.39, 0.29) is 11.9 Å². The van der Waals surface area contributed by atoms with E-state index in [1.54, 1.807) is 14.2 Å². The van der Waals surface area contributed by atoms with Gasteiger partial charge in [-0.15, -0.1) is 0 Å². The van der Waals surface area contributed by atoms with Gasteiger partial charge in [-0.3, -0.25) is 9.48 Å². The number of aromatic nitrogens is 4. The number of unbranched alkanes of at least 4 members (excludes halogenated alkanes) is 13. The first-order chi connectivity index (χ1) is 25.9. The number of amides is 1. The Bertz CT molecular complexity index is 1470. The molecule has 0 bridgehead atoms. The summed E-state index contributed by atoms with van der Waals surface area (Å²) in [4.78, 5) is 23.4. The molecule has 0 unspecified atom stereocenters. The smallest absolute Gasteiger partial charge is 0.222 e.